The first-order valence-corrected chi connectivity index (χ1v) is 12.1. The van der Waals surface area contributed by atoms with E-state index in [2.05, 4.69) is 108 Å². The van der Waals surface area contributed by atoms with Crippen molar-refractivity contribution in [2.75, 3.05) is 5.32 Å². The molecule has 158 valence electrons. The molecule has 6 aromatic rings. The third kappa shape index (κ3) is 3.78. The molecule has 0 saturated carbocycles. The van der Waals surface area contributed by atoms with E-state index in [4.69, 9.17) is 11.6 Å². The molecule has 0 atom stereocenters. The van der Waals surface area contributed by atoms with Gasteiger partial charge in [-0.05, 0) is 46.5 Å². The van der Waals surface area contributed by atoms with Gasteiger partial charge in [0.1, 0.15) is 0 Å². The van der Waals surface area contributed by atoms with Crippen molar-refractivity contribution in [3.05, 3.63) is 120 Å². The van der Waals surface area contributed by atoms with Gasteiger partial charge in [-0.3, -0.25) is 0 Å². The number of nitrogens with one attached hydrogen (secondary N) is 1. The van der Waals surface area contributed by atoms with Gasteiger partial charge in [0.15, 0.2) is 0 Å². The van der Waals surface area contributed by atoms with Crippen molar-refractivity contribution < 1.29 is 0 Å². The molecular weight excluding hydrogens is 442 g/mol. The number of rotatable bonds is 4. The number of fused-ring (bicyclic) bond motifs is 3. The minimum absolute atomic E-state index is 0.706. The minimum Gasteiger partial charge on any atom is -0.353 e. The summed E-state index contributed by atoms with van der Waals surface area (Å²) in [6, 6.07) is 40.2. The zero-order valence-corrected chi connectivity index (χ0v) is 19.3. The van der Waals surface area contributed by atoms with Crippen LogP contribution in [0, 0.1) is 0 Å². The highest BCUT2D eigenvalue weighted by atomic mass is 35.5. The lowest BCUT2D eigenvalue weighted by atomic mass is 10.00. The van der Waals surface area contributed by atoms with Crippen molar-refractivity contribution in [3.63, 3.8) is 0 Å². The van der Waals surface area contributed by atoms with E-state index in [-0.39, 0.29) is 0 Å². The summed E-state index contributed by atoms with van der Waals surface area (Å²) in [6.45, 7) is 0. The molecule has 1 heterocycles. The molecule has 0 aliphatic rings. The Hall–Kier alpha value is -3.59. The largest absolute Gasteiger partial charge is 0.353 e. The van der Waals surface area contributed by atoms with Gasteiger partial charge in [0, 0.05) is 15.5 Å². The Morgan fingerprint density at radius 3 is 1.97 bits per heavy atom. The Kier molecular flexibility index (Phi) is 5.10. The normalized spacial score (nSPS) is 11.2. The Labute approximate surface area is 201 Å². The predicted molar refractivity (Wildman–Crippen MR) is 145 cm³/mol. The van der Waals surface area contributed by atoms with Gasteiger partial charge in [-0.25, -0.2) is 0 Å². The molecule has 1 nitrogen and oxygen atoms in total. The Morgan fingerprint density at radius 1 is 0.515 bits per heavy atom. The van der Waals surface area contributed by atoms with Crippen LogP contribution in [0.2, 0.25) is 5.02 Å². The van der Waals surface area contributed by atoms with Gasteiger partial charge in [-0.2, -0.15) is 0 Å². The van der Waals surface area contributed by atoms with Crippen molar-refractivity contribution >= 4 is 54.5 Å². The van der Waals surface area contributed by atoms with Crippen LogP contribution in [0.3, 0.4) is 0 Å². The van der Waals surface area contributed by atoms with Gasteiger partial charge in [0.2, 0.25) is 0 Å². The van der Waals surface area contributed by atoms with E-state index in [1.54, 1.807) is 0 Å². The van der Waals surface area contributed by atoms with Crippen molar-refractivity contribution in [2.45, 2.75) is 0 Å². The van der Waals surface area contributed by atoms with E-state index in [1.807, 2.05) is 23.5 Å². The smallest absolute Gasteiger partial charge is 0.0641 e. The highest BCUT2D eigenvalue weighted by molar-refractivity contribution is 7.26. The van der Waals surface area contributed by atoms with Crippen LogP contribution in [0.4, 0.5) is 11.4 Å². The highest BCUT2D eigenvalue weighted by Crippen LogP contribution is 2.40. The topological polar surface area (TPSA) is 12.0 Å². The van der Waals surface area contributed by atoms with E-state index in [0.29, 0.717) is 5.02 Å². The lowest BCUT2D eigenvalue weighted by molar-refractivity contribution is 1.56. The molecule has 0 unspecified atom stereocenters. The van der Waals surface area contributed by atoms with Crippen LogP contribution in [0.15, 0.2) is 115 Å². The fourth-order valence-electron chi connectivity index (χ4n) is 4.28. The van der Waals surface area contributed by atoms with Gasteiger partial charge < -0.3 is 5.32 Å². The molecule has 0 amide bonds. The molecule has 3 heteroatoms. The second kappa shape index (κ2) is 8.40. The maximum atomic E-state index is 6.61. The van der Waals surface area contributed by atoms with Crippen molar-refractivity contribution in [3.8, 4) is 22.3 Å². The highest BCUT2D eigenvalue weighted by Gasteiger charge is 2.11. The van der Waals surface area contributed by atoms with Crippen LogP contribution < -0.4 is 5.32 Å². The molecule has 0 aliphatic heterocycles. The van der Waals surface area contributed by atoms with Crippen LogP contribution in [-0.4, -0.2) is 0 Å². The first-order valence-electron chi connectivity index (χ1n) is 10.9. The number of benzene rings is 5. The van der Waals surface area contributed by atoms with Crippen LogP contribution in [0.5, 0.6) is 0 Å². The third-order valence-electron chi connectivity index (χ3n) is 5.97. The second-order valence-electron chi connectivity index (χ2n) is 8.04. The van der Waals surface area contributed by atoms with Crippen molar-refractivity contribution in [1.29, 1.82) is 0 Å². The summed E-state index contributed by atoms with van der Waals surface area (Å²) in [7, 11) is 0. The van der Waals surface area contributed by atoms with Crippen LogP contribution in [0.1, 0.15) is 0 Å². The lowest BCUT2D eigenvalue weighted by Gasteiger charge is -2.12. The molecule has 5 aromatic carbocycles. The zero-order valence-electron chi connectivity index (χ0n) is 17.8. The number of thiophene rings is 1. The van der Waals surface area contributed by atoms with Gasteiger partial charge >= 0.3 is 0 Å². The van der Waals surface area contributed by atoms with Crippen molar-refractivity contribution in [1.82, 2.24) is 0 Å². The zero-order chi connectivity index (χ0) is 22.2. The van der Waals surface area contributed by atoms with E-state index in [0.717, 1.165) is 22.5 Å². The molecular formula is C30H20ClNS. The fourth-order valence-corrected chi connectivity index (χ4v) is 5.61. The third-order valence-corrected chi connectivity index (χ3v) is 7.51. The van der Waals surface area contributed by atoms with Gasteiger partial charge in [0.05, 0.1) is 21.1 Å². The van der Waals surface area contributed by atoms with Gasteiger partial charge in [-0.15, -0.1) is 11.3 Å². The molecule has 0 fully saturated rings. The quantitative estimate of drug-likeness (QED) is 0.275. The predicted octanol–water partition coefficient (Wildman–Crippen LogP) is 9.79. The molecule has 0 aliphatic carbocycles. The van der Waals surface area contributed by atoms with Crippen molar-refractivity contribution in [2.24, 2.45) is 0 Å². The van der Waals surface area contributed by atoms with E-state index in [1.165, 1.54) is 31.3 Å². The standard InChI is InChI=1S/C30H20ClNS/c31-26-18-17-23(22-15-13-21(14-16-22)20-7-2-1-3-8-20)19-28(26)32-27-11-6-10-25-24-9-4-5-12-29(24)33-30(25)27/h1-19,32H. The molecule has 33 heavy (non-hydrogen) atoms. The summed E-state index contributed by atoms with van der Waals surface area (Å²) in [5, 5.41) is 6.87. The summed E-state index contributed by atoms with van der Waals surface area (Å²) in [4.78, 5) is 0. The number of hydrogen-bond acceptors (Lipinski definition) is 2. The maximum absolute atomic E-state index is 6.61. The monoisotopic (exact) mass is 461 g/mol. The number of hydrogen-bond donors (Lipinski definition) is 1. The Bertz CT molecular complexity index is 1580. The van der Waals surface area contributed by atoms with Gasteiger partial charge in [-0.1, -0.05) is 103 Å². The Balaban J connectivity index is 1.36. The molecule has 0 bridgehead atoms. The molecule has 0 saturated heterocycles. The first kappa shape index (κ1) is 20.0. The molecule has 0 spiro atoms. The van der Waals surface area contributed by atoms with Crippen LogP contribution in [0.25, 0.3) is 42.4 Å². The SMILES string of the molecule is Clc1ccc(-c2ccc(-c3ccccc3)cc2)cc1Nc1cccc2c1sc1ccccc12. The maximum Gasteiger partial charge on any atom is 0.0641 e. The summed E-state index contributed by atoms with van der Waals surface area (Å²) in [6.07, 6.45) is 0. The molecule has 6 rings (SSSR count). The van der Waals surface area contributed by atoms with Crippen LogP contribution >= 0.6 is 22.9 Å². The summed E-state index contributed by atoms with van der Waals surface area (Å²) in [5.74, 6) is 0. The molecule has 1 N–H and O–H groups in total. The average molecular weight is 462 g/mol. The lowest BCUT2D eigenvalue weighted by Crippen LogP contribution is -1.92. The fraction of sp³-hybridized carbons (Fsp3) is 0. The van der Waals surface area contributed by atoms with Gasteiger partial charge in [0.25, 0.3) is 0 Å². The minimum atomic E-state index is 0.706. The molecule has 0 radical (unpaired) electrons. The molecule has 1 aromatic heterocycles. The van der Waals surface area contributed by atoms with E-state index in [9.17, 15) is 0 Å². The summed E-state index contributed by atoms with van der Waals surface area (Å²) < 4.78 is 2.53. The van der Waals surface area contributed by atoms with Crippen LogP contribution in [-0.2, 0) is 0 Å². The summed E-state index contributed by atoms with van der Waals surface area (Å²) in [5.41, 5.74) is 6.71. The van der Waals surface area contributed by atoms with E-state index < -0.39 is 0 Å². The van der Waals surface area contributed by atoms with E-state index >= 15 is 0 Å². The number of anilines is 2. The number of halogens is 1. The second-order valence-corrected chi connectivity index (χ2v) is 9.50. The average Bonchev–Trinajstić information content (AvgIpc) is 3.26. The Morgan fingerprint density at radius 2 is 1.15 bits per heavy atom. The first-order chi connectivity index (χ1) is 16.3. The summed E-state index contributed by atoms with van der Waals surface area (Å²) >= 11 is 8.42.